The summed E-state index contributed by atoms with van der Waals surface area (Å²) in [6.45, 7) is 11.7. The number of methoxy groups -OCH3 is 1. The zero-order valence-corrected chi connectivity index (χ0v) is 24.6. The zero-order chi connectivity index (χ0) is 28.2. The summed E-state index contributed by atoms with van der Waals surface area (Å²) < 4.78 is 16.9. The van der Waals surface area contributed by atoms with Gasteiger partial charge in [-0.1, -0.05) is 27.7 Å². The normalized spacial score (nSPS) is 44.7. The topological polar surface area (TPSA) is 96.0 Å². The average molecular weight is 531 g/mol. The van der Waals surface area contributed by atoms with Gasteiger partial charge in [-0.3, -0.25) is 19.2 Å². The van der Waals surface area contributed by atoms with Gasteiger partial charge in [-0.2, -0.15) is 0 Å². The lowest BCUT2D eigenvalue weighted by atomic mass is 9.36. The van der Waals surface area contributed by atoms with Crippen LogP contribution in [-0.2, 0) is 33.4 Å². The third-order valence-electron chi connectivity index (χ3n) is 11.6. The van der Waals surface area contributed by atoms with E-state index in [-0.39, 0.29) is 82.8 Å². The maximum absolute atomic E-state index is 14.5. The summed E-state index contributed by atoms with van der Waals surface area (Å²) in [5, 5.41) is 0. The Kier molecular flexibility index (Phi) is 8.13. The molecule has 4 saturated carbocycles. The predicted octanol–water partition coefficient (Wildman–Crippen LogP) is 4.16. The van der Waals surface area contributed by atoms with E-state index in [0.717, 1.165) is 38.5 Å². The Morgan fingerprint density at radius 1 is 1.05 bits per heavy atom. The molecule has 0 aromatic heterocycles. The molecule has 4 aliphatic rings. The molecule has 212 valence electrons. The molecule has 0 heterocycles. The number of carbonyl (C=O) groups is 4. The third kappa shape index (κ3) is 4.52. The van der Waals surface area contributed by atoms with Gasteiger partial charge in [0.1, 0.15) is 25.8 Å². The van der Waals surface area contributed by atoms with Crippen molar-refractivity contribution >= 4 is 31.5 Å². The molecular formula is C30H47BO7. The predicted molar refractivity (Wildman–Crippen MR) is 145 cm³/mol. The fourth-order valence-electron chi connectivity index (χ4n) is 10.4. The van der Waals surface area contributed by atoms with Crippen molar-refractivity contribution in [2.45, 2.75) is 105 Å². The van der Waals surface area contributed by atoms with Crippen molar-refractivity contribution in [3.8, 4) is 0 Å². The maximum atomic E-state index is 14.5. The number of hydrogen-bond acceptors (Lipinski definition) is 7. The summed E-state index contributed by atoms with van der Waals surface area (Å²) in [6, 6.07) is 0. The highest BCUT2D eigenvalue weighted by Gasteiger charge is 2.70. The molecule has 8 heteroatoms. The first kappa shape index (κ1) is 29.1. The summed E-state index contributed by atoms with van der Waals surface area (Å²) in [5.41, 5.74) is -0.673. The molecule has 4 aliphatic carbocycles. The van der Waals surface area contributed by atoms with Crippen LogP contribution in [0.2, 0.25) is 5.82 Å². The largest absolute Gasteiger partial charge is 0.469 e. The second-order valence-corrected chi connectivity index (χ2v) is 13.4. The Balaban J connectivity index is 1.78. The fraction of sp³-hybridized carbons (Fsp3) is 0.867. The Morgan fingerprint density at radius 3 is 2.29 bits per heavy atom. The van der Waals surface area contributed by atoms with E-state index in [1.54, 1.807) is 0 Å². The second kappa shape index (κ2) is 10.6. The van der Waals surface area contributed by atoms with Crippen molar-refractivity contribution in [1.29, 1.82) is 0 Å². The van der Waals surface area contributed by atoms with Crippen LogP contribution < -0.4 is 0 Å². The van der Waals surface area contributed by atoms with Gasteiger partial charge < -0.3 is 14.2 Å². The van der Waals surface area contributed by atoms with Crippen LogP contribution in [-0.4, -0.2) is 50.9 Å². The monoisotopic (exact) mass is 530 g/mol. The highest BCUT2D eigenvalue weighted by atomic mass is 16.5. The molecule has 0 amide bonds. The van der Waals surface area contributed by atoms with E-state index in [0.29, 0.717) is 12.2 Å². The van der Waals surface area contributed by atoms with Gasteiger partial charge in [-0.05, 0) is 85.3 Å². The van der Waals surface area contributed by atoms with E-state index >= 15 is 0 Å². The quantitative estimate of drug-likeness (QED) is 0.289. The standard InChI is InChI=1S/C30H47BO7/c1-8-19-22-14-18(37-16(3)32)11-12-29(22,5)25-24(27(19)38-17(4)33)21-10-9-20(15(2)13-23(34)36-7)30(21,6)28(35)26(25)31/h15,18-22,24-27H,8-14,31H2,1-7H3/t15-,18-,19-,20-,21?,22+,24?,25?,26+,27-,29+,30-/m1/s1. The van der Waals surface area contributed by atoms with Gasteiger partial charge in [0.05, 0.1) is 7.11 Å². The van der Waals surface area contributed by atoms with Gasteiger partial charge in [-0.25, -0.2) is 0 Å². The van der Waals surface area contributed by atoms with Crippen molar-refractivity contribution < 1.29 is 33.4 Å². The van der Waals surface area contributed by atoms with E-state index in [9.17, 15) is 19.2 Å². The third-order valence-corrected chi connectivity index (χ3v) is 11.6. The molecule has 0 aromatic rings. The van der Waals surface area contributed by atoms with Gasteiger partial charge in [0.25, 0.3) is 0 Å². The summed E-state index contributed by atoms with van der Waals surface area (Å²) in [6.07, 6.45) is 4.99. The van der Waals surface area contributed by atoms with Gasteiger partial charge in [0, 0.05) is 31.6 Å². The number of ketones is 1. The van der Waals surface area contributed by atoms with Crippen LogP contribution in [0.15, 0.2) is 0 Å². The molecule has 0 spiro atoms. The van der Waals surface area contributed by atoms with Gasteiger partial charge in [0.2, 0.25) is 0 Å². The van der Waals surface area contributed by atoms with Crippen LogP contribution >= 0.6 is 0 Å². The van der Waals surface area contributed by atoms with Gasteiger partial charge in [0.15, 0.2) is 0 Å². The highest BCUT2D eigenvalue weighted by Crippen LogP contribution is 2.71. The van der Waals surface area contributed by atoms with Gasteiger partial charge in [-0.15, -0.1) is 0 Å². The molecule has 0 radical (unpaired) electrons. The van der Waals surface area contributed by atoms with Crippen molar-refractivity contribution in [3.05, 3.63) is 0 Å². The van der Waals surface area contributed by atoms with E-state index in [2.05, 4.69) is 35.5 Å². The summed E-state index contributed by atoms with van der Waals surface area (Å²) in [5.74, 6) is 0.102. The Labute approximate surface area is 228 Å². The van der Waals surface area contributed by atoms with Crippen LogP contribution in [0, 0.1) is 52.3 Å². The number of ether oxygens (including phenoxy) is 3. The van der Waals surface area contributed by atoms with Crippen LogP contribution in [0.5, 0.6) is 0 Å². The summed E-state index contributed by atoms with van der Waals surface area (Å²) in [7, 11) is 3.51. The average Bonchev–Trinajstić information content (AvgIpc) is 3.20. The first-order chi connectivity index (χ1) is 17.8. The molecule has 0 bridgehead atoms. The number of carbonyl (C=O) groups excluding carboxylic acids is 4. The second-order valence-electron chi connectivity index (χ2n) is 13.4. The molecule has 0 N–H and O–H groups in total. The lowest BCUT2D eigenvalue weighted by Crippen LogP contribution is -2.66. The molecule has 38 heavy (non-hydrogen) atoms. The minimum atomic E-state index is -0.567. The number of fused-ring (bicyclic) bond motifs is 5. The summed E-state index contributed by atoms with van der Waals surface area (Å²) in [4.78, 5) is 51.0. The molecule has 0 saturated heterocycles. The van der Waals surface area contributed by atoms with E-state index < -0.39 is 5.41 Å². The molecule has 0 aromatic carbocycles. The molecule has 7 nitrogen and oxygen atoms in total. The Morgan fingerprint density at radius 2 is 1.71 bits per heavy atom. The molecule has 12 atom stereocenters. The first-order valence-corrected chi connectivity index (χ1v) is 14.8. The Bertz CT molecular complexity index is 966. The van der Waals surface area contributed by atoms with Crippen molar-refractivity contribution in [3.63, 3.8) is 0 Å². The fourth-order valence-corrected chi connectivity index (χ4v) is 10.4. The molecule has 4 rings (SSSR count). The summed E-state index contributed by atoms with van der Waals surface area (Å²) >= 11 is 0. The van der Waals surface area contributed by atoms with Crippen LogP contribution in [0.4, 0.5) is 0 Å². The van der Waals surface area contributed by atoms with Crippen molar-refractivity contribution in [2.24, 2.45) is 52.3 Å². The van der Waals surface area contributed by atoms with Crippen LogP contribution in [0.25, 0.3) is 0 Å². The first-order valence-electron chi connectivity index (χ1n) is 14.8. The minimum absolute atomic E-state index is 0.0328. The van der Waals surface area contributed by atoms with Gasteiger partial charge >= 0.3 is 17.9 Å². The lowest BCUT2D eigenvalue weighted by molar-refractivity contribution is -0.215. The number of esters is 3. The molecular weight excluding hydrogens is 483 g/mol. The van der Waals surface area contributed by atoms with Crippen LogP contribution in [0.3, 0.4) is 0 Å². The molecule has 4 fully saturated rings. The zero-order valence-electron chi connectivity index (χ0n) is 24.6. The smallest absolute Gasteiger partial charge is 0.305 e. The SMILES string of the molecule is B[C@@H]1C(=O)[C@@]2(C)C(CC[C@@H]2[C@H](C)CC(=O)OC)C2C1[C@@]1(C)CC[C@@H](OC(C)=O)C[C@H]1[C@@H](CC)[C@H]2OC(C)=O. The highest BCUT2D eigenvalue weighted by molar-refractivity contribution is 6.26. The van der Waals surface area contributed by atoms with Crippen molar-refractivity contribution in [1.82, 2.24) is 0 Å². The molecule has 0 aliphatic heterocycles. The lowest BCUT2D eigenvalue weighted by Gasteiger charge is -2.66. The minimum Gasteiger partial charge on any atom is -0.469 e. The Hall–Kier alpha value is -1.86. The van der Waals surface area contributed by atoms with E-state index in [1.165, 1.54) is 21.0 Å². The molecule has 3 unspecified atom stereocenters. The van der Waals surface area contributed by atoms with Crippen molar-refractivity contribution in [2.75, 3.05) is 7.11 Å². The van der Waals surface area contributed by atoms with Crippen LogP contribution in [0.1, 0.15) is 86.5 Å². The van der Waals surface area contributed by atoms with E-state index in [4.69, 9.17) is 14.2 Å². The number of Topliss-reactive ketones (excluding diaryl/α,β-unsaturated/α-hetero) is 1. The van der Waals surface area contributed by atoms with E-state index in [1.807, 2.05) is 0 Å². The number of rotatable bonds is 6. The number of hydrogen-bond donors (Lipinski definition) is 0. The maximum Gasteiger partial charge on any atom is 0.305 e.